The Bertz CT molecular complexity index is 179. The second-order valence-corrected chi connectivity index (χ2v) is 4.11. The zero-order valence-corrected chi connectivity index (χ0v) is 7.51. The number of carbonyl (C=O) groups is 1. The van der Waals surface area contributed by atoms with E-state index in [1.165, 1.54) is 32.1 Å². The van der Waals surface area contributed by atoms with Crippen LogP contribution < -0.4 is 5.32 Å². The van der Waals surface area contributed by atoms with E-state index < -0.39 is 0 Å². The monoisotopic (exact) mass is 167 g/mol. The van der Waals surface area contributed by atoms with Crippen LogP contribution in [-0.4, -0.2) is 11.9 Å². The van der Waals surface area contributed by atoms with Crippen LogP contribution in [0.3, 0.4) is 0 Å². The molecule has 0 aromatic heterocycles. The highest BCUT2D eigenvalue weighted by molar-refractivity contribution is 5.77. The van der Waals surface area contributed by atoms with Crippen molar-refractivity contribution in [2.24, 2.45) is 5.92 Å². The number of piperidine rings is 1. The Morgan fingerprint density at radius 1 is 1.08 bits per heavy atom. The van der Waals surface area contributed by atoms with Gasteiger partial charge in [0.15, 0.2) is 0 Å². The van der Waals surface area contributed by atoms with Crippen molar-refractivity contribution in [3.8, 4) is 0 Å². The first-order chi connectivity index (χ1) is 5.86. The maximum absolute atomic E-state index is 11.1. The first kappa shape index (κ1) is 8.09. The van der Waals surface area contributed by atoms with E-state index in [-0.39, 0.29) is 5.91 Å². The van der Waals surface area contributed by atoms with Gasteiger partial charge in [-0.3, -0.25) is 4.79 Å². The van der Waals surface area contributed by atoms with Gasteiger partial charge in [-0.05, 0) is 25.2 Å². The van der Waals surface area contributed by atoms with E-state index >= 15 is 0 Å². The highest BCUT2D eigenvalue weighted by Gasteiger charge is 2.28. The van der Waals surface area contributed by atoms with Crippen molar-refractivity contribution in [3.63, 3.8) is 0 Å². The molecule has 0 spiro atoms. The van der Waals surface area contributed by atoms with Crippen LogP contribution in [0, 0.1) is 5.92 Å². The highest BCUT2D eigenvalue weighted by Crippen LogP contribution is 2.29. The highest BCUT2D eigenvalue weighted by atomic mass is 16.1. The van der Waals surface area contributed by atoms with Crippen LogP contribution in [0.25, 0.3) is 0 Å². The third-order valence-corrected chi connectivity index (χ3v) is 3.25. The number of nitrogens with one attached hydrogen (secondary N) is 1. The fraction of sp³-hybridized carbons (Fsp3) is 0.900. The molecule has 1 saturated carbocycles. The van der Waals surface area contributed by atoms with Gasteiger partial charge in [-0.1, -0.05) is 19.3 Å². The van der Waals surface area contributed by atoms with Crippen molar-refractivity contribution in [1.29, 1.82) is 0 Å². The number of hydrogen-bond acceptors (Lipinski definition) is 1. The summed E-state index contributed by atoms with van der Waals surface area (Å²) in [6, 6.07) is 0.522. The third-order valence-electron chi connectivity index (χ3n) is 3.25. The van der Waals surface area contributed by atoms with Crippen molar-refractivity contribution in [2.75, 3.05) is 0 Å². The Balaban J connectivity index is 1.99. The average Bonchev–Trinajstić information content (AvgIpc) is 2.28. The molecule has 1 aliphatic carbocycles. The molecule has 1 saturated heterocycles. The Labute approximate surface area is 73.7 Å². The molecule has 12 heavy (non-hydrogen) atoms. The van der Waals surface area contributed by atoms with Crippen LogP contribution in [0.15, 0.2) is 0 Å². The molecule has 2 rings (SSSR count). The maximum Gasteiger partial charge on any atom is 0.220 e. The lowest BCUT2D eigenvalue weighted by atomic mass is 9.87. The summed E-state index contributed by atoms with van der Waals surface area (Å²) < 4.78 is 0. The molecule has 2 fully saturated rings. The SMILES string of the molecule is O=C1CC[C@@H]2CCCCC[C@H]2N1. The van der Waals surface area contributed by atoms with E-state index in [0.29, 0.717) is 6.04 Å². The topological polar surface area (TPSA) is 29.1 Å². The van der Waals surface area contributed by atoms with Gasteiger partial charge in [-0.2, -0.15) is 0 Å². The molecule has 1 heterocycles. The number of fused-ring (bicyclic) bond motifs is 1. The van der Waals surface area contributed by atoms with Gasteiger partial charge >= 0.3 is 0 Å². The molecular formula is C10H17NO. The van der Waals surface area contributed by atoms with Crippen LogP contribution in [0.5, 0.6) is 0 Å². The summed E-state index contributed by atoms with van der Waals surface area (Å²) in [5.74, 6) is 1.07. The Kier molecular flexibility index (Phi) is 2.33. The number of amides is 1. The largest absolute Gasteiger partial charge is 0.353 e. The molecule has 2 aliphatic rings. The summed E-state index contributed by atoms with van der Waals surface area (Å²) in [5.41, 5.74) is 0. The molecule has 2 nitrogen and oxygen atoms in total. The van der Waals surface area contributed by atoms with Gasteiger partial charge in [0.1, 0.15) is 0 Å². The number of carbonyl (C=O) groups excluding carboxylic acids is 1. The maximum atomic E-state index is 11.1. The molecule has 2 atom stereocenters. The van der Waals surface area contributed by atoms with Gasteiger partial charge < -0.3 is 5.32 Å². The third kappa shape index (κ3) is 1.62. The van der Waals surface area contributed by atoms with E-state index in [4.69, 9.17) is 0 Å². The lowest BCUT2D eigenvalue weighted by Gasteiger charge is -2.30. The van der Waals surface area contributed by atoms with E-state index in [0.717, 1.165) is 18.8 Å². The molecule has 1 N–H and O–H groups in total. The second kappa shape index (κ2) is 3.46. The minimum Gasteiger partial charge on any atom is -0.353 e. The Morgan fingerprint density at radius 2 is 1.92 bits per heavy atom. The van der Waals surface area contributed by atoms with Gasteiger partial charge in [0.05, 0.1) is 0 Å². The minimum atomic E-state index is 0.276. The molecule has 68 valence electrons. The predicted molar refractivity (Wildman–Crippen MR) is 47.7 cm³/mol. The molecule has 0 aromatic rings. The van der Waals surface area contributed by atoms with E-state index in [1.807, 2.05) is 0 Å². The lowest BCUT2D eigenvalue weighted by molar-refractivity contribution is -0.124. The zero-order chi connectivity index (χ0) is 8.39. The number of hydrogen-bond donors (Lipinski definition) is 1. The molecule has 1 aliphatic heterocycles. The smallest absolute Gasteiger partial charge is 0.220 e. The van der Waals surface area contributed by atoms with Crippen LogP contribution in [0.1, 0.15) is 44.9 Å². The summed E-state index contributed by atoms with van der Waals surface area (Å²) in [4.78, 5) is 11.1. The molecule has 0 aromatic carbocycles. The second-order valence-electron chi connectivity index (χ2n) is 4.11. The Morgan fingerprint density at radius 3 is 2.83 bits per heavy atom. The molecule has 0 radical (unpaired) electrons. The van der Waals surface area contributed by atoms with Crippen molar-refractivity contribution in [1.82, 2.24) is 5.32 Å². The quantitative estimate of drug-likeness (QED) is 0.586. The van der Waals surface area contributed by atoms with Crippen molar-refractivity contribution < 1.29 is 4.79 Å². The zero-order valence-electron chi connectivity index (χ0n) is 7.51. The van der Waals surface area contributed by atoms with Crippen LogP contribution in [0.2, 0.25) is 0 Å². The first-order valence-corrected chi connectivity index (χ1v) is 5.15. The fourth-order valence-corrected chi connectivity index (χ4v) is 2.52. The van der Waals surface area contributed by atoms with Crippen LogP contribution in [-0.2, 0) is 4.79 Å². The van der Waals surface area contributed by atoms with Gasteiger partial charge in [-0.15, -0.1) is 0 Å². The van der Waals surface area contributed by atoms with E-state index in [9.17, 15) is 4.79 Å². The summed E-state index contributed by atoms with van der Waals surface area (Å²) in [7, 11) is 0. The molecular weight excluding hydrogens is 150 g/mol. The van der Waals surface area contributed by atoms with E-state index in [1.54, 1.807) is 0 Å². The summed E-state index contributed by atoms with van der Waals surface area (Å²) in [6.07, 6.45) is 8.50. The van der Waals surface area contributed by atoms with Gasteiger partial charge in [-0.25, -0.2) is 0 Å². The summed E-state index contributed by atoms with van der Waals surface area (Å²) in [6.45, 7) is 0. The van der Waals surface area contributed by atoms with E-state index in [2.05, 4.69) is 5.32 Å². The van der Waals surface area contributed by atoms with Crippen LogP contribution in [0.4, 0.5) is 0 Å². The molecule has 2 heteroatoms. The normalized spacial score (nSPS) is 36.5. The van der Waals surface area contributed by atoms with Crippen molar-refractivity contribution in [3.05, 3.63) is 0 Å². The van der Waals surface area contributed by atoms with Gasteiger partial charge in [0.2, 0.25) is 5.91 Å². The first-order valence-electron chi connectivity index (χ1n) is 5.15. The Hall–Kier alpha value is -0.530. The van der Waals surface area contributed by atoms with Crippen molar-refractivity contribution >= 4 is 5.91 Å². The fourth-order valence-electron chi connectivity index (χ4n) is 2.52. The molecule has 1 amide bonds. The molecule has 0 bridgehead atoms. The van der Waals surface area contributed by atoms with Gasteiger partial charge in [0, 0.05) is 12.5 Å². The standard InChI is InChI=1S/C10H17NO/c12-10-7-6-8-4-2-1-3-5-9(8)11-10/h8-9H,1-7H2,(H,11,12)/t8-,9+/m0/s1. The van der Waals surface area contributed by atoms with Crippen LogP contribution >= 0.6 is 0 Å². The minimum absolute atomic E-state index is 0.276. The summed E-state index contributed by atoms with van der Waals surface area (Å²) >= 11 is 0. The number of rotatable bonds is 0. The molecule has 0 unspecified atom stereocenters. The average molecular weight is 167 g/mol. The van der Waals surface area contributed by atoms with Crippen molar-refractivity contribution in [2.45, 2.75) is 51.0 Å². The summed E-state index contributed by atoms with van der Waals surface area (Å²) in [5, 5.41) is 3.12. The predicted octanol–water partition coefficient (Wildman–Crippen LogP) is 1.85. The lowest BCUT2D eigenvalue weighted by Crippen LogP contribution is -2.44. The van der Waals surface area contributed by atoms with Gasteiger partial charge in [0.25, 0.3) is 0 Å².